The largest absolute Gasteiger partial charge is 0.282 e. The van der Waals surface area contributed by atoms with E-state index in [1.165, 1.54) is 72.9 Å². The summed E-state index contributed by atoms with van der Waals surface area (Å²) in [6, 6.07) is 0. The van der Waals surface area contributed by atoms with Gasteiger partial charge in [0.05, 0.1) is 9.16 Å². The summed E-state index contributed by atoms with van der Waals surface area (Å²) in [5.74, 6) is 5.81. The van der Waals surface area contributed by atoms with Crippen molar-refractivity contribution in [1.82, 2.24) is 0 Å². The zero-order chi connectivity index (χ0) is 24.5. The van der Waals surface area contributed by atoms with Gasteiger partial charge in [0.2, 0.25) is 10.2 Å². The van der Waals surface area contributed by atoms with Crippen molar-refractivity contribution in [1.29, 1.82) is 0 Å². The van der Waals surface area contributed by atoms with Crippen molar-refractivity contribution in [2.75, 3.05) is 35.5 Å². The van der Waals surface area contributed by atoms with E-state index in [1.54, 1.807) is 0 Å². The molecule has 3 fully saturated rings. The Bertz CT molecular complexity index is 638. The average Bonchev–Trinajstić information content (AvgIpc) is 3.53. The van der Waals surface area contributed by atoms with Crippen molar-refractivity contribution in [2.24, 2.45) is 11.8 Å². The molecule has 3 rings (SSSR count). The van der Waals surface area contributed by atoms with Crippen molar-refractivity contribution in [2.45, 2.75) is 55.8 Å². The highest BCUT2D eigenvalue weighted by Gasteiger charge is 2.41. The quantitative estimate of drug-likeness (QED) is 0.207. The zero-order valence-corrected chi connectivity index (χ0v) is 26.5. The number of carbonyl (C=O) groups is 2. The van der Waals surface area contributed by atoms with Crippen LogP contribution < -0.4 is 0 Å². The summed E-state index contributed by atoms with van der Waals surface area (Å²) in [5, 5.41) is 2.80. The Labute approximate surface area is 240 Å². The van der Waals surface area contributed by atoms with Gasteiger partial charge in [-0.3, -0.25) is 9.59 Å². The van der Waals surface area contributed by atoms with Gasteiger partial charge in [0.25, 0.3) is 0 Å². The van der Waals surface area contributed by atoms with Gasteiger partial charge in [0.1, 0.15) is 0 Å². The fourth-order valence-electron chi connectivity index (χ4n) is 4.78. The smallest absolute Gasteiger partial charge is 0.211 e. The fourth-order valence-corrected chi connectivity index (χ4v) is 17.8. The summed E-state index contributed by atoms with van der Waals surface area (Å²) in [7, 11) is 0. The van der Waals surface area contributed by atoms with Gasteiger partial charge in [-0.2, -0.15) is 23.5 Å². The molecule has 0 spiro atoms. The van der Waals surface area contributed by atoms with E-state index in [-0.39, 0.29) is 10.2 Å². The van der Waals surface area contributed by atoms with E-state index in [0.29, 0.717) is 30.2 Å². The zero-order valence-electron chi connectivity index (χ0n) is 19.9. The highest BCUT2D eigenvalue weighted by atomic mass is 32.2. The average molecular weight is 613 g/mol. The number of hydrogen-bond donors (Lipinski definition) is 0. The second-order valence-electron chi connectivity index (χ2n) is 8.66. The first kappa shape index (κ1) is 30.2. The topological polar surface area (TPSA) is 34.1 Å². The molecular weight excluding hydrogens is 577 g/mol. The van der Waals surface area contributed by atoms with Crippen LogP contribution in [-0.2, 0) is 9.59 Å². The lowest BCUT2D eigenvalue weighted by atomic mass is 9.79. The second-order valence-corrected chi connectivity index (χ2v) is 18.6. The van der Waals surface area contributed by atoms with E-state index in [2.05, 4.69) is 96.2 Å². The van der Waals surface area contributed by atoms with E-state index < -0.39 is 0 Å². The molecule has 2 aliphatic heterocycles. The summed E-state index contributed by atoms with van der Waals surface area (Å²) < 4.78 is 1.32. The molecule has 0 amide bonds. The van der Waals surface area contributed by atoms with Crippen molar-refractivity contribution in [3.8, 4) is 0 Å². The molecule has 10 heteroatoms. The van der Waals surface area contributed by atoms with Crippen LogP contribution in [0, 0.1) is 11.8 Å². The summed E-state index contributed by atoms with van der Waals surface area (Å²) >= 11 is 15.5. The van der Waals surface area contributed by atoms with Crippen LogP contribution in [0.2, 0.25) is 0 Å². The Morgan fingerprint density at radius 1 is 0.794 bits per heavy atom. The van der Waals surface area contributed by atoms with E-state index in [4.69, 9.17) is 0 Å². The summed E-state index contributed by atoms with van der Waals surface area (Å²) in [6.07, 6.45) is 12.9. The fraction of sp³-hybridized carbons (Fsp3) is 0.750. The molecule has 0 radical (unpaired) electrons. The van der Waals surface area contributed by atoms with E-state index >= 15 is 0 Å². The molecule has 192 valence electrons. The van der Waals surface area contributed by atoms with Gasteiger partial charge in [-0.15, -0.1) is 47.0 Å². The number of rotatable bonds is 12. The molecular formula is C24H36O2S8. The van der Waals surface area contributed by atoms with Crippen LogP contribution in [0.5, 0.6) is 0 Å². The molecule has 2 nitrogen and oxygen atoms in total. The van der Waals surface area contributed by atoms with Gasteiger partial charge >= 0.3 is 0 Å². The van der Waals surface area contributed by atoms with Gasteiger partial charge in [-0.1, -0.05) is 36.7 Å². The molecule has 2 saturated heterocycles. The van der Waals surface area contributed by atoms with Crippen molar-refractivity contribution < 1.29 is 9.59 Å². The monoisotopic (exact) mass is 612 g/mol. The SMILES string of the molecule is C=CC(=O)SCC1CSC(C(SC)C2CCC(C(SC)C3SCC(CSC(=O)C=C)S3)CC2)S1. The minimum absolute atomic E-state index is 0.103. The lowest BCUT2D eigenvalue weighted by molar-refractivity contribution is -0.107. The van der Waals surface area contributed by atoms with Gasteiger partial charge in [0.15, 0.2) is 0 Å². The normalized spacial score (nSPS) is 33.4. The summed E-state index contributed by atoms with van der Waals surface area (Å²) in [6.45, 7) is 7.18. The number of thioether (sulfide) groups is 8. The van der Waals surface area contributed by atoms with Crippen LogP contribution in [0.1, 0.15) is 25.7 Å². The van der Waals surface area contributed by atoms with E-state index in [9.17, 15) is 9.59 Å². The third-order valence-electron chi connectivity index (χ3n) is 6.53. The minimum atomic E-state index is 0.103. The van der Waals surface area contributed by atoms with Gasteiger partial charge in [0, 0.05) is 44.0 Å². The molecule has 0 aromatic carbocycles. The molecule has 2 heterocycles. The summed E-state index contributed by atoms with van der Waals surface area (Å²) in [5.41, 5.74) is 0. The van der Waals surface area contributed by atoms with Crippen LogP contribution in [-0.4, -0.2) is 75.9 Å². The minimum Gasteiger partial charge on any atom is -0.282 e. The second kappa shape index (κ2) is 15.9. The molecule has 34 heavy (non-hydrogen) atoms. The van der Waals surface area contributed by atoms with Crippen LogP contribution in [0.4, 0.5) is 0 Å². The molecule has 3 aliphatic rings. The van der Waals surface area contributed by atoms with Crippen LogP contribution >= 0.6 is 94.1 Å². The van der Waals surface area contributed by atoms with Crippen molar-refractivity contribution >= 4 is 104 Å². The van der Waals surface area contributed by atoms with Crippen LogP contribution in [0.3, 0.4) is 0 Å². The Morgan fingerprint density at radius 2 is 1.18 bits per heavy atom. The molecule has 1 saturated carbocycles. The van der Waals surface area contributed by atoms with Crippen LogP contribution in [0.15, 0.2) is 25.3 Å². The van der Waals surface area contributed by atoms with Crippen molar-refractivity contribution in [3.05, 3.63) is 25.3 Å². The molecule has 6 unspecified atom stereocenters. The maximum atomic E-state index is 11.6. The Kier molecular flexibility index (Phi) is 14.1. The molecule has 6 atom stereocenters. The summed E-state index contributed by atoms with van der Waals surface area (Å²) in [4.78, 5) is 23.2. The molecule has 0 N–H and O–H groups in total. The third-order valence-corrected chi connectivity index (χ3v) is 19.0. The number of carbonyl (C=O) groups excluding carboxylic acids is 2. The highest BCUT2D eigenvalue weighted by molar-refractivity contribution is 8.23. The first-order valence-corrected chi connectivity index (χ1v) is 20.2. The Balaban J connectivity index is 1.45. The lowest BCUT2D eigenvalue weighted by Gasteiger charge is -2.39. The van der Waals surface area contributed by atoms with Gasteiger partial charge < -0.3 is 0 Å². The maximum Gasteiger partial charge on any atom is 0.211 e. The van der Waals surface area contributed by atoms with Crippen LogP contribution in [0.25, 0.3) is 0 Å². The van der Waals surface area contributed by atoms with Gasteiger partial charge in [-0.25, -0.2) is 0 Å². The standard InChI is InChI=1S/C24H36O2S8/c1-5-19(25)29-11-17-13-31-23(33-17)21(27-3)15-7-9-16(10-8-15)22(28-4)24-32-14-18(34-24)12-30-20(26)6-2/h5-6,15-18,21-24H,1-2,7-14H2,3-4H3. The predicted molar refractivity (Wildman–Crippen MR) is 171 cm³/mol. The predicted octanol–water partition coefficient (Wildman–Crippen LogP) is 7.50. The lowest BCUT2D eigenvalue weighted by Crippen LogP contribution is -2.34. The molecule has 0 aromatic heterocycles. The number of hydrogen-bond acceptors (Lipinski definition) is 10. The Morgan fingerprint density at radius 3 is 1.50 bits per heavy atom. The first-order valence-electron chi connectivity index (χ1n) is 11.7. The van der Waals surface area contributed by atoms with Crippen molar-refractivity contribution in [3.63, 3.8) is 0 Å². The Hall–Kier alpha value is 1.62. The first-order chi connectivity index (χ1) is 16.5. The van der Waals surface area contributed by atoms with E-state index in [1.807, 2.05) is 0 Å². The highest BCUT2D eigenvalue weighted by Crippen LogP contribution is 2.52. The maximum absolute atomic E-state index is 11.6. The van der Waals surface area contributed by atoms with E-state index in [0.717, 1.165) is 23.3 Å². The molecule has 0 aromatic rings. The molecule has 1 aliphatic carbocycles. The third kappa shape index (κ3) is 8.84. The molecule has 0 bridgehead atoms. The van der Waals surface area contributed by atoms with Gasteiger partial charge in [-0.05, 0) is 62.2 Å².